The lowest BCUT2D eigenvalue weighted by molar-refractivity contribution is 0.363. The summed E-state index contributed by atoms with van der Waals surface area (Å²) in [4.78, 5) is 2.17. The van der Waals surface area contributed by atoms with Crippen molar-refractivity contribution in [3.05, 3.63) is 0 Å². The van der Waals surface area contributed by atoms with Gasteiger partial charge in [0.05, 0.1) is 6.54 Å². The minimum atomic E-state index is 0.765. The summed E-state index contributed by atoms with van der Waals surface area (Å²) < 4.78 is 0. The van der Waals surface area contributed by atoms with Gasteiger partial charge in [0, 0.05) is 0 Å². The highest BCUT2D eigenvalue weighted by molar-refractivity contribution is 4.86. The van der Waals surface area contributed by atoms with Gasteiger partial charge in [-0.3, -0.25) is 4.90 Å². The third-order valence-corrected chi connectivity index (χ3v) is 1.75. The Morgan fingerprint density at radius 3 is 2.75 bits per heavy atom. The number of unbranched alkanes of at least 4 members (excludes halogenated alkanes) is 1. The van der Waals surface area contributed by atoms with Crippen LogP contribution in [0, 0.1) is 12.3 Å². The molecule has 0 aliphatic carbocycles. The molecule has 0 saturated heterocycles. The van der Waals surface area contributed by atoms with E-state index in [4.69, 9.17) is 6.42 Å². The second kappa shape index (κ2) is 8.58. The molecular formula is C10H20N2. The fourth-order valence-corrected chi connectivity index (χ4v) is 1.04. The van der Waals surface area contributed by atoms with Crippen molar-refractivity contribution in [3.8, 4) is 12.3 Å². The van der Waals surface area contributed by atoms with Gasteiger partial charge in [0.25, 0.3) is 0 Å². The molecule has 0 aliphatic heterocycles. The van der Waals surface area contributed by atoms with Gasteiger partial charge >= 0.3 is 0 Å². The van der Waals surface area contributed by atoms with Gasteiger partial charge in [0.15, 0.2) is 0 Å². The van der Waals surface area contributed by atoms with Crippen molar-refractivity contribution in [2.24, 2.45) is 0 Å². The Balaban J connectivity index is 3.04. The molecule has 12 heavy (non-hydrogen) atoms. The second-order valence-electron chi connectivity index (χ2n) is 3.00. The van der Waals surface area contributed by atoms with Crippen molar-refractivity contribution in [2.45, 2.75) is 19.8 Å². The highest BCUT2D eigenvalue weighted by Crippen LogP contribution is 1.90. The average Bonchev–Trinajstić information content (AvgIpc) is 2.05. The summed E-state index contributed by atoms with van der Waals surface area (Å²) in [7, 11) is 2.06. The zero-order valence-electron chi connectivity index (χ0n) is 8.27. The van der Waals surface area contributed by atoms with Crippen LogP contribution < -0.4 is 5.32 Å². The molecule has 0 bridgehead atoms. The first-order valence-corrected chi connectivity index (χ1v) is 4.64. The molecule has 0 unspecified atom stereocenters. The average molecular weight is 168 g/mol. The molecule has 0 aromatic carbocycles. The van der Waals surface area contributed by atoms with Crippen molar-refractivity contribution >= 4 is 0 Å². The number of hydrogen-bond acceptors (Lipinski definition) is 2. The molecule has 0 aliphatic rings. The van der Waals surface area contributed by atoms with E-state index in [1.54, 1.807) is 0 Å². The molecule has 2 heteroatoms. The Labute approximate surface area is 76.3 Å². The lowest BCUT2D eigenvalue weighted by Crippen LogP contribution is -2.21. The van der Waals surface area contributed by atoms with Crippen molar-refractivity contribution in [1.29, 1.82) is 0 Å². The Morgan fingerprint density at radius 1 is 1.42 bits per heavy atom. The van der Waals surface area contributed by atoms with E-state index in [1.165, 1.54) is 12.8 Å². The van der Waals surface area contributed by atoms with Gasteiger partial charge in [-0.05, 0) is 39.5 Å². The molecule has 0 rings (SSSR count). The molecule has 0 amide bonds. The van der Waals surface area contributed by atoms with Crippen molar-refractivity contribution in [2.75, 3.05) is 33.2 Å². The molecule has 1 N–H and O–H groups in total. The first-order valence-electron chi connectivity index (χ1n) is 4.64. The molecule has 0 spiro atoms. The van der Waals surface area contributed by atoms with Crippen LogP contribution in [0.1, 0.15) is 19.8 Å². The van der Waals surface area contributed by atoms with Crippen LogP contribution in [-0.2, 0) is 0 Å². The first-order chi connectivity index (χ1) is 5.81. The van der Waals surface area contributed by atoms with Crippen LogP contribution in [0.15, 0.2) is 0 Å². The number of nitrogens with zero attached hydrogens (tertiary/aromatic N) is 1. The molecule has 0 radical (unpaired) electrons. The molecule has 0 fully saturated rings. The van der Waals surface area contributed by atoms with Gasteiger partial charge < -0.3 is 5.32 Å². The molecule has 0 heterocycles. The number of terminal acetylenes is 1. The first kappa shape index (κ1) is 11.5. The monoisotopic (exact) mass is 168 g/mol. The molecule has 0 atom stereocenters. The van der Waals surface area contributed by atoms with E-state index in [9.17, 15) is 0 Å². The van der Waals surface area contributed by atoms with Gasteiger partial charge in [-0.2, -0.15) is 0 Å². The molecule has 0 aromatic heterocycles. The van der Waals surface area contributed by atoms with Crippen LogP contribution in [0.3, 0.4) is 0 Å². The second-order valence-corrected chi connectivity index (χ2v) is 3.00. The quantitative estimate of drug-likeness (QED) is 0.449. The van der Waals surface area contributed by atoms with Crippen LogP contribution in [0.2, 0.25) is 0 Å². The fourth-order valence-electron chi connectivity index (χ4n) is 1.04. The number of hydrogen-bond donors (Lipinski definition) is 1. The summed E-state index contributed by atoms with van der Waals surface area (Å²) in [6.45, 7) is 6.20. The maximum Gasteiger partial charge on any atom is 0.0596 e. The summed E-state index contributed by atoms with van der Waals surface area (Å²) in [5.41, 5.74) is 0. The smallest absolute Gasteiger partial charge is 0.0596 e. The molecular weight excluding hydrogens is 148 g/mol. The molecule has 70 valence electrons. The van der Waals surface area contributed by atoms with Crippen LogP contribution in [0.5, 0.6) is 0 Å². The van der Waals surface area contributed by atoms with E-state index < -0.39 is 0 Å². The standard InChI is InChI=1S/C10H20N2/c1-4-9-12(3)10-7-6-8-11-5-2/h1,11H,5-10H2,2-3H3. The molecule has 0 saturated carbocycles. The Bertz CT molecular complexity index is 126. The predicted molar refractivity (Wildman–Crippen MR) is 54.1 cm³/mol. The van der Waals surface area contributed by atoms with E-state index in [2.05, 4.69) is 30.1 Å². The van der Waals surface area contributed by atoms with E-state index in [0.29, 0.717) is 0 Å². The highest BCUT2D eigenvalue weighted by atomic mass is 15.1. The van der Waals surface area contributed by atoms with Crippen LogP contribution >= 0.6 is 0 Å². The number of rotatable bonds is 7. The van der Waals surface area contributed by atoms with Crippen molar-refractivity contribution in [1.82, 2.24) is 10.2 Å². The SMILES string of the molecule is C#CCN(C)CCCCNCC. The summed E-state index contributed by atoms with van der Waals surface area (Å²) in [6, 6.07) is 0. The topological polar surface area (TPSA) is 15.3 Å². The third-order valence-electron chi connectivity index (χ3n) is 1.75. The molecule has 0 aromatic rings. The minimum Gasteiger partial charge on any atom is -0.317 e. The summed E-state index contributed by atoms with van der Waals surface area (Å²) >= 11 is 0. The maximum absolute atomic E-state index is 5.18. The largest absolute Gasteiger partial charge is 0.317 e. The number of nitrogens with one attached hydrogen (secondary N) is 1. The van der Waals surface area contributed by atoms with E-state index in [-0.39, 0.29) is 0 Å². The van der Waals surface area contributed by atoms with E-state index >= 15 is 0 Å². The van der Waals surface area contributed by atoms with Crippen molar-refractivity contribution in [3.63, 3.8) is 0 Å². The van der Waals surface area contributed by atoms with Gasteiger partial charge in [0.2, 0.25) is 0 Å². The lowest BCUT2D eigenvalue weighted by Gasteiger charge is -2.12. The van der Waals surface area contributed by atoms with Crippen LogP contribution in [0.4, 0.5) is 0 Å². The van der Waals surface area contributed by atoms with Gasteiger partial charge in [-0.25, -0.2) is 0 Å². The van der Waals surface area contributed by atoms with Crippen molar-refractivity contribution < 1.29 is 0 Å². The lowest BCUT2D eigenvalue weighted by atomic mass is 10.3. The predicted octanol–water partition coefficient (Wildman–Crippen LogP) is 0.941. The minimum absolute atomic E-state index is 0.765. The summed E-state index contributed by atoms with van der Waals surface area (Å²) in [5.74, 6) is 2.63. The molecule has 2 nitrogen and oxygen atoms in total. The Morgan fingerprint density at radius 2 is 2.17 bits per heavy atom. The van der Waals surface area contributed by atoms with Gasteiger partial charge in [-0.15, -0.1) is 6.42 Å². The van der Waals surface area contributed by atoms with E-state index in [0.717, 1.165) is 26.2 Å². The van der Waals surface area contributed by atoms with Gasteiger partial charge in [-0.1, -0.05) is 12.8 Å². The highest BCUT2D eigenvalue weighted by Gasteiger charge is 1.94. The maximum atomic E-state index is 5.18. The van der Waals surface area contributed by atoms with E-state index in [1.807, 2.05) is 0 Å². The van der Waals surface area contributed by atoms with Gasteiger partial charge in [0.1, 0.15) is 0 Å². The van der Waals surface area contributed by atoms with Crippen LogP contribution in [0.25, 0.3) is 0 Å². The third kappa shape index (κ3) is 7.59. The zero-order valence-corrected chi connectivity index (χ0v) is 8.27. The fraction of sp³-hybridized carbons (Fsp3) is 0.800. The Kier molecular flexibility index (Phi) is 8.20. The summed E-state index contributed by atoms with van der Waals surface area (Å²) in [5, 5.41) is 3.30. The summed E-state index contributed by atoms with van der Waals surface area (Å²) in [6.07, 6.45) is 7.64. The van der Waals surface area contributed by atoms with Crippen LogP contribution in [-0.4, -0.2) is 38.1 Å². The zero-order chi connectivity index (χ0) is 9.23. The Hall–Kier alpha value is -0.520. The normalized spacial score (nSPS) is 10.2.